The third-order valence-electron chi connectivity index (χ3n) is 2.76. The molecular weight excluding hydrogens is 207 g/mol. The van der Waals surface area contributed by atoms with Crippen molar-refractivity contribution >= 4 is 23.2 Å². The number of fused-ring (bicyclic) bond motifs is 3. The molecule has 3 heteroatoms. The summed E-state index contributed by atoms with van der Waals surface area (Å²) in [6.07, 6.45) is 2.83. The summed E-state index contributed by atoms with van der Waals surface area (Å²) < 4.78 is 5.50. The van der Waals surface area contributed by atoms with Crippen LogP contribution in [0.4, 0.5) is 0 Å². The van der Waals surface area contributed by atoms with Crippen molar-refractivity contribution in [1.82, 2.24) is 0 Å². The van der Waals surface area contributed by atoms with E-state index in [1.54, 1.807) is 0 Å². The molecule has 1 nitrogen and oxygen atoms in total. The van der Waals surface area contributed by atoms with Crippen LogP contribution in [0.2, 0.25) is 10.0 Å². The molecular formula is C10H8Cl2O. The van der Waals surface area contributed by atoms with Crippen molar-refractivity contribution in [2.24, 2.45) is 0 Å². The van der Waals surface area contributed by atoms with Crippen LogP contribution in [0.25, 0.3) is 0 Å². The van der Waals surface area contributed by atoms with E-state index in [2.05, 4.69) is 0 Å². The number of ether oxygens (including phenoxy) is 1. The molecule has 1 fully saturated rings. The van der Waals surface area contributed by atoms with Crippen LogP contribution in [0.15, 0.2) is 12.1 Å². The second kappa shape index (κ2) is 2.63. The number of hydrogen-bond donors (Lipinski definition) is 0. The summed E-state index contributed by atoms with van der Waals surface area (Å²) in [5, 5.41) is 1.50. The van der Waals surface area contributed by atoms with Crippen molar-refractivity contribution in [3.63, 3.8) is 0 Å². The van der Waals surface area contributed by atoms with Gasteiger partial charge in [0.1, 0.15) is 6.10 Å². The Labute approximate surface area is 86.6 Å². The van der Waals surface area contributed by atoms with Crippen molar-refractivity contribution in [1.29, 1.82) is 0 Å². The first-order valence-electron chi connectivity index (χ1n) is 4.39. The van der Waals surface area contributed by atoms with Gasteiger partial charge in [0, 0.05) is 10.0 Å². The smallest absolute Gasteiger partial charge is 0.110 e. The minimum Gasteiger partial charge on any atom is -0.364 e. The van der Waals surface area contributed by atoms with E-state index >= 15 is 0 Å². The second-order valence-electron chi connectivity index (χ2n) is 3.59. The van der Waals surface area contributed by atoms with Gasteiger partial charge in [-0.15, -0.1) is 0 Å². The van der Waals surface area contributed by atoms with Crippen LogP contribution in [-0.4, -0.2) is 6.10 Å². The summed E-state index contributed by atoms with van der Waals surface area (Å²) in [5.74, 6) is 0. The molecule has 0 aromatic heterocycles. The quantitative estimate of drug-likeness (QED) is 0.604. The predicted octanol–water partition coefficient (Wildman–Crippen LogP) is 3.38. The van der Waals surface area contributed by atoms with Crippen LogP contribution in [0.5, 0.6) is 0 Å². The summed E-state index contributed by atoms with van der Waals surface area (Å²) in [4.78, 5) is 0. The molecule has 0 spiro atoms. The van der Waals surface area contributed by atoms with Crippen molar-refractivity contribution in [3.05, 3.63) is 33.3 Å². The fourth-order valence-electron chi connectivity index (χ4n) is 2.06. The first kappa shape index (κ1) is 8.10. The molecule has 0 radical (unpaired) electrons. The average Bonchev–Trinajstić information content (AvgIpc) is 2.82. The summed E-state index contributed by atoms with van der Waals surface area (Å²) >= 11 is 12.0. The highest BCUT2D eigenvalue weighted by Crippen LogP contribution is 2.49. The topological polar surface area (TPSA) is 12.5 Å². The van der Waals surface area contributed by atoms with Crippen LogP contribution in [0, 0.1) is 0 Å². The van der Waals surface area contributed by atoms with Crippen molar-refractivity contribution < 1.29 is 4.74 Å². The Hall–Kier alpha value is -0.240. The average molecular weight is 215 g/mol. The molecule has 0 saturated carbocycles. The van der Waals surface area contributed by atoms with E-state index in [0.717, 1.165) is 17.9 Å². The number of benzene rings is 1. The van der Waals surface area contributed by atoms with E-state index in [1.807, 2.05) is 12.1 Å². The molecule has 13 heavy (non-hydrogen) atoms. The van der Waals surface area contributed by atoms with Gasteiger partial charge in [-0.3, -0.25) is 0 Å². The van der Waals surface area contributed by atoms with Gasteiger partial charge in [-0.05, 0) is 36.1 Å². The molecule has 0 N–H and O–H groups in total. The number of epoxide rings is 1. The van der Waals surface area contributed by atoms with Crippen molar-refractivity contribution in [3.8, 4) is 0 Å². The zero-order valence-corrected chi connectivity index (χ0v) is 8.40. The molecule has 3 rings (SSSR count). The molecule has 0 amide bonds. The van der Waals surface area contributed by atoms with Gasteiger partial charge in [-0.2, -0.15) is 0 Å². The Bertz CT molecular complexity index is 375. The Morgan fingerprint density at radius 2 is 2.15 bits per heavy atom. The van der Waals surface area contributed by atoms with Crippen LogP contribution in [0.3, 0.4) is 0 Å². The lowest BCUT2D eigenvalue weighted by Crippen LogP contribution is -2.04. The zero-order chi connectivity index (χ0) is 9.00. The first-order valence-corrected chi connectivity index (χ1v) is 5.14. The standard InChI is InChI=1S/C10H8Cl2O/c11-5-3-7-6(8(12)4-5)1-2-9-10(7)13-9/h3-4,9-10H,1-2H2/t9-,10-/m0/s1. The van der Waals surface area contributed by atoms with Gasteiger partial charge in [0.25, 0.3) is 0 Å². The van der Waals surface area contributed by atoms with Crippen LogP contribution in [-0.2, 0) is 11.2 Å². The molecule has 0 unspecified atom stereocenters. The number of rotatable bonds is 0. The van der Waals surface area contributed by atoms with Crippen LogP contribution >= 0.6 is 23.2 Å². The molecule has 0 bridgehead atoms. The summed E-state index contributed by atoms with van der Waals surface area (Å²) in [5.41, 5.74) is 2.43. The largest absolute Gasteiger partial charge is 0.364 e. The molecule has 1 aliphatic carbocycles. The second-order valence-corrected chi connectivity index (χ2v) is 4.43. The molecule has 1 heterocycles. The summed E-state index contributed by atoms with van der Waals surface area (Å²) in [7, 11) is 0. The lowest BCUT2D eigenvalue weighted by molar-refractivity contribution is 0.373. The third-order valence-corrected chi connectivity index (χ3v) is 3.32. The highest BCUT2D eigenvalue weighted by molar-refractivity contribution is 6.35. The Balaban J connectivity index is 2.19. The van der Waals surface area contributed by atoms with Gasteiger partial charge < -0.3 is 4.74 Å². The van der Waals surface area contributed by atoms with Gasteiger partial charge in [0.2, 0.25) is 0 Å². The Morgan fingerprint density at radius 1 is 1.31 bits per heavy atom. The molecule has 2 atom stereocenters. The van der Waals surface area contributed by atoms with E-state index in [1.165, 1.54) is 11.1 Å². The summed E-state index contributed by atoms with van der Waals surface area (Å²) in [6.45, 7) is 0. The van der Waals surface area contributed by atoms with E-state index in [-0.39, 0.29) is 6.10 Å². The first-order chi connectivity index (χ1) is 6.25. The van der Waals surface area contributed by atoms with Gasteiger partial charge in [0.15, 0.2) is 0 Å². The molecule has 1 saturated heterocycles. The van der Waals surface area contributed by atoms with Gasteiger partial charge >= 0.3 is 0 Å². The lowest BCUT2D eigenvalue weighted by atomic mass is 9.92. The van der Waals surface area contributed by atoms with E-state index < -0.39 is 0 Å². The maximum Gasteiger partial charge on any atom is 0.110 e. The van der Waals surface area contributed by atoms with E-state index in [9.17, 15) is 0 Å². The molecule has 1 aliphatic heterocycles. The van der Waals surface area contributed by atoms with E-state index in [4.69, 9.17) is 27.9 Å². The van der Waals surface area contributed by atoms with Gasteiger partial charge in [-0.1, -0.05) is 23.2 Å². The minimum absolute atomic E-state index is 0.278. The Kier molecular flexibility index (Phi) is 1.64. The normalized spacial score (nSPS) is 29.4. The van der Waals surface area contributed by atoms with Crippen LogP contribution < -0.4 is 0 Å². The minimum atomic E-state index is 0.278. The maximum absolute atomic E-state index is 6.09. The van der Waals surface area contributed by atoms with Crippen molar-refractivity contribution in [2.75, 3.05) is 0 Å². The molecule has 1 aromatic rings. The Morgan fingerprint density at radius 3 is 3.00 bits per heavy atom. The van der Waals surface area contributed by atoms with Crippen molar-refractivity contribution in [2.45, 2.75) is 25.0 Å². The van der Waals surface area contributed by atoms with E-state index in [0.29, 0.717) is 11.1 Å². The lowest BCUT2D eigenvalue weighted by Gasteiger charge is -2.13. The molecule has 2 aliphatic rings. The monoisotopic (exact) mass is 214 g/mol. The summed E-state index contributed by atoms with van der Waals surface area (Å²) in [6, 6.07) is 3.79. The fraction of sp³-hybridized carbons (Fsp3) is 0.400. The maximum atomic E-state index is 6.09. The predicted molar refractivity (Wildman–Crippen MR) is 52.4 cm³/mol. The molecule has 1 aromatic carbocycles. The van der Waals surface area contributed by atoms with Gasteiger partial charge in [-0.25, -0.2) is 0 Å². The SMILES string of the molecule is Clc1cc(Cl)c2c(c1)[C@@H]1O[C@H]1CC2. The highest BCUT2D eigenvalue weighted by atomic mass is 35.5. The van der Waals surface area contributed by atoms with Crippen LogP contribution in [0.1, 0.15) is 23.7 Å². The zero-order valence-electron chi connectivity index (χ0n) is 6.89. The fourth-order valence-corrected chi connectivity index (χ4v) is 2.67. The third kappa shape index (κ3) is 1.18. The number of halogens is 2. The number of hydrogen-bond acceptors (Lipinski definition) is 1. The van der Waals surface area contributed by atoms with Gasteiger partial charge in [0.05, 0.1) is 6.10 Å². The highest BCUT2D eigenvalue weighted by Gasteiger charge is 2.44. The molecule has 68 valence electrons.